The smallest absolute Gasteiger partial charge is 0.308 e. The Morgan fingerprint density at radius 1 is 1.10 bits per heavy atom. The predicted molar refractivity (Wildman–Crippen MR) is 156 cm³/mol. The lowest BCUT2D eigenvalue weighted by Crippen LogP contribution is -2.69. The maximum atomic E-state index is 13.3. The van der Waals surface area contributed by atoms with Crippen LogP contribution in [0.25, 0.3) is 0 Å². The molecular formula is C33H45NO8. The van der Waals surface area contributed by atoms with Crippen molar-refractivity contribution in [1.29, 1.82) is 0 Å². The molecule has 9 heteroatoms. The lowest BCUT2D eigenvalue weighted by molar-refractivity contribution is -0.221. The number of ketones is 1. The van der Waals surface area contributed by atoms with E-state index in [-0.39, 0.29) is 25.3 Å². The number of nitrogens with zero attached hydrogens (tertiary/aromatic N) is 1. The monoisotopic (exact) mass is 583 g/mol. The minimum Gasteiger partial charge on any atom is -0.458 e. The third kappa shape index (κ3) is 5.14. The number of carbonyl (C=O) groups is 3. The number of Topliss-reactive ketones (excluding diaryl/α,β-unsaturated/α-hetero) is 1. The summed E-state index contributed by atoms with van der Waals surface area (Å²) in [5.74, 6) is -2.47. The maximum absolute atomic E-state index is 13.3. The first kappa shape index (κ1) is 32.1. The molecule has 9 nitrogen and oxygen atoms in total. The van der Waals surface area contributed by atoms with Crippen molar-refractivity contribution in [1.82, 2.24) is 4.90 Å². The van der Waals surface area contributed by atoms with Gasteiger partial charge in [0.1, 0.15) is 17.8 Å². The van der Waals surface area contributed by atoms with E-state index in [0.717, 1.165) is 5.56 Å². The summed E-state index contributed by atoms with van der Waals surface area (Å²) in [5.41, 5.74) is -2.44. The molecule has 42 heavy (non-hydrogen) atoms. The molecule has 2 fully saturated rings. The summed E-state index contributed by atoms with van der Waals surface area (Å²) in [7, 11) is 3.78. The Labute approximate surface area is 248 Å². The molecule has 0 aromatic heterocycles. The van der Waals surface area contributed by atoms with E-state index in [9.17, 15) is 29.7 Å². The number of fused-ring (bicyclic) bond motifs is 3. The molecule has 0 amide bonds. The van der Waals surface area contributed by atoms with Crippen molar-refractivity contribution in [3.63, 3.8) is 0 Å². The summed E-state index contributed by atoms with van der Waals surface area (Å²) < 4.78 is 11.7. The summed E-state index contributed by atoms with van der Waals surface area (Å²) in [6.07, 6.45) is -4.58. The highest BCUT2D eigenvalue weighted by atomic mass is 16.6. The first-order valence-electron chi connectivity index (χ1n) is 14.6. The topological polar surface area (TPSA) is 134 Å². The number of aliphatic hydroxyl groups excluding tert-OH is 2. The third-order valence-electron chi connectivity index (χ3n) is 10.3. The first-order chi connectivity index (χ1) is 19.5. The lowest BCUT2D eigenvalue weighted by atomic mass is 9.48. The van der Waals surface area contributed by atoms with E-state index in [1.807, 2.05) is 49.3 Å². The standard InChI is InChI=1S/C33H45NO8/c1-18-23(36)17-33(40)29(38)27-19(2)24(42-25(37)16-22(34(7)8)21-12-10-9-11-13-21)14-15-32(27,6)30(39)28(41-20(3)35)26(18)31(33,4)5/h9-13,22,24,27-30,38-40H,2,14-17H2,1,3-8H3/t22-,24-,27-,28+,29-,30-,32+,33+/m0/s1. The van der Waals surface area contributed by atoms with Crippen LogP contribution in [0.4, 0.5) is 0 Å². The van der Waals surface area contributed by atoms with E-state index < -0.39 is 64.5 Å². The fourth-order valence-corrected chi connectivity index (χ4v) is 7.65. The van der Waals surface area contributed by atoms with Gasteiger partial charge in [-0.25, -0.2) is 0 Å². The van der Waals surface area contributed by atoms with Crippen LogP contribution in [0.2, 0.25) is 0 Å². The van der Waals surface area contributed by atoms with Crippen LogP contribution in [0.3, 0.4) is 0 Å². The van der Waals surface area contributed by atoms with Gasteiger partial charge in [0.15, 0.2) is 11.9 Å². The van der Waals surface area contributed by atoms with Crippen LogP contribution in [0, 0.1) is 16.7 Å². The van der Waals surface area contributed by atoms with Gasteiger partial charge in [0.05, 0.1) is 12.5 Å². The van der Waals surface area contributed by atoms with Crippen LogP contribution in [0.1, 0.15) is 71.9 Å². The number of ether oxygens (including phenoxy) is 2. The summed E-state index contributed by atoms with van der Waals surface area (Å²) in [6, 6.07) is 9.42. The molecule has 3 N–H and O–H groups in total. The van der Waals surface area contributed by atoms with Gasteiger partial charge < -0.3 is 29.7 Å². The number of carbonyl (C=O) groups excluding carboxylic acids is 3. The van der Waals surface area contributed by atoms with Crippen LogP contribution in [0.5, 0.6) is 0 Å². The van der Waals surface area contributed by atoms with Crippen molar-refractivity contribution in [2.24, 2.45) is 16.7 Å². The lowest BCUT2D eigenvalue weighted by Gasteiger charge is -2.61. The van der Waals surface area contributed by atoms with E-state index in [4.69, 9.17) is 9.47 Å². The van der Waals surface area contributed by atoms with Crippen LogP contribution < -0.4 is 0 Å². The van der Waals surface area contributed by atoms with E-state index >= 15 is 0 Å². The molecule has 0 radical (unpaired) electrons. The molecule has 0 aliphatic heterocycles. The van der Waals surface area contributed by atoms with Crippen molar-refractivity contribution in [2.45, 2.75) is 96.4 Å². The summed E-state index contributed by atoms with van der Waals surface area (Å²) in [4.78, 5) is 40.7. The molecule has 1 aromatic rings. The van der Waals surface area contributed by atoms with Crippen molar-refractivity contribution in [2.75, 3.05) is 14.1 Å². The van der Waals surface area contributed by atoms with Crippen LogP contribution >= 0.6 is 0 Å². The Morgan fingerprint density at radius 2 is 1.71 bits per heavy atom. The molecule has 1 aromatic carbocycles. The fourth-order valence-electron chi connectivity index (χ4n) is 7.65. The SMILES string of the molecule is C=C1[C@@H](OC(=O)C[C@@H](c2ccccc2)N(C)C)CC[C@@]2(C)[C@@H](O)[C@H](OC(C)=O)C3=C(C)C(=O)C[C@@](O)([C@@H](O)[C@H]12)C3(C)C. The number of rotatable bonds is 6. The highest BCUT2D eigenvalue weighted by molar-refractivity contribution is 5.98. The molecule has 0 unspecified atom stereocenters. The molecule has 2 saturated carbocycles. The molecule has 3 aliphatic carbocycles. The molecule has 8 atom stereocenters. The van der Waals surface area contributed by atoms with Gasteiger partial charge >= 0.3 is 11.9 Å². The molecule has 4 rings (SSSR count). The largest absolute Gasteiger partial charge is 0.458 e. The highest BCUT2D eigenvalue weighted by Gasteiger charge is 2.67. The number of hydrogen-bond acceptors (Lipinski definition) is 9. The molecule has 3 aliphatic rings. The van der Waals surface area contributed by atoms with Gasteiger partial charge in [0.25, 0.3) is 0 Å². The van der Waals surface area contributed by atoms with Crippen LogP contribution in [0.15, 0.2) is 53.6 Å². The summed E-state index contributed by atoms with van der Waals surface area (Å²) in [6.45, 7) is 12.2. The van der Waals surface area contributed by atoms with Crippen LogP contribution in [-0.4, -0.2) is 82.1 Å². The number of benzene rings is 1. The van der Waals surface area contributed by atoms with Crippen molar-refractivity contribution in [3.05, 3.63) is 59.2 Å². The molecule has 0 saturated heterocycles. The minimum atomic E-state index is -1.97. The molecule has 230 valence electrons. The molecule has 0 spiro atoms. The van der Waals surface area contributed by atoms with Crippen LogP contribution in [-0.2, 0) is 23.9 Å². The highest BCUT2D eigenvalue weighted by Crippen LogP contribution is 2.60. The Bertz CT molecular complexity index is 1290. The van der Waals surface area contributed by atoms with E-state index in [1.165, 1.54) is 6.92 Å². The van der Waals surface area contributed by atoms with Gasteiger partial charge in [0.2, 0.25) is 0 Å². The van der Waals surface area contributed by atoms with Gasteiger partial charge in [-0.3, -0.25) is 14.4 Å². The average Bonchev–Trinajstić information content (AvgIpc) is 2.91. The van der Waals surface area contributed by atoms with Gasteiger partial charge in [-0.15, -0.1) is 0 Å². The van der Waals surface area contributed by atoms with E-state index in [2.05, 4.69) is 6.58 Å². The number of esters is 2. The van der Waals surface area contributed by atoms with Crippen molar-refractivity contribution >= 4 is 17.7 Å². The Hall–Kier alpha value is -2.85. The third-order valence-corrected chi connectivity index (χ3v) is 10.3. The summed E-state index contributed by atoms with van der Waals surface area (Å²) in [5, 5.41) is 36.2. The second-order valence-corrected chi connectivity index (χ2v) is 13.3. The molecule has 0 heterocycles. The first-order valence-corrected chi connectivity index (χ1v) is 14.6. The molecule has 2 bridgehead atoms. The second kappa shape index (κ2) is 11.3. The van der Waals surface area contributed by atoms with E-state index in [0.29, 0.717) is 23.1 Å². The number of aliphatic hydroxyl groups is 3. The minimum absolute atomic E-state index is 0.0847. The predicted octanol–water partition coefficient (Wildman–Crippen LogP) is 3.28. The zero-order valence-corrected chi connectivity index (χ0v) is 25.7. The molecular weight excluding hydrogens is 538 g/mol. The average molecular weight is 584 g/mol. The second-order valence-electron chi connectivity index (χ2n) is 13.3. The normalized spacial score (nSPS) is 35.2. The number of allylic oxidation sites excluding steroid dienone is 1. The van der Waals surface area contributed by atoms with Gasteiger partial charge in [-0.1, -0.05) is 57.7 Å². The Kier molecular flexibility index (Phi) is 8.66. The zero-order valence-electron chi connectivity index (χ0n) is 25.7. The van der Waals surface area contributed by atoms with Gasteiger partial charge in [0, 0.05) is 36.1 Å². The Morgan fingerprint density at radius 3 is 2.29 bits per heavy atom. The fraction of sp³-hybridized carbons (Fsp3) is 0.606. The van der Waals surface area contributed by atoms with E-state index in [1.54, 1.807) is 27.7 Å². The zero-order chi connectivity index (χ0) is 31.4. The van der Waals surface area contributed by atoms with Gasteiger partial charge in [-0.05, 0) is 56.1 Å². The Balaban J connectivity index is 1.71. The quantitative estimate of drug-likeness (QED) is 0.341. The van der Waals surface area contributed by atoms with Gasteiger partial charge in [-0.2, -0.15) is 0 Å². The maximum Gasteiger partial charge on any atom is 0.308 e. The number of hydrogen-bond donors (Lipinski definition) is 3. The van der Waals surface area contributed by atoms with Crippen molar-refractivity contribution in [3.8, 4) is 0 Å². The van der Waals surface area contributed by atoms with Crippen molar-refractivity contribution < 1.29 is 39.2 Å². The summed E-state index contributed by atoms with van der Waals surface area (Å²) >= 11 is 0.